The van der Waals surface area contributed by atoms with Crippen molar-refractivity contribution >= 4 is 12.0 Å². The van der Waals surface area contributed by atoms with Gasteiger partial charge in [-0.2, -0.15) is 10.2 Å². The largest absolute Gasteiger partial charge is 0.490 e. The van der Waals surface area contributed by atoms with E-state index in [1.54, 1.807) is 53.1 Å². The van der Waals surface area contributed by atoms with E-state index < -0.39 is 11.7 Å². The molecule has 1 atom stereocenters. The SMILES string of the molecule is CC(C)Oc1ccc(-c2nc(-c3cccc4c3CC[C@@H]4N(CC(=O)N(C)C)C(=O)OC(C)(C)C)no2)cc1C#N. The fourth-order valence-corrected chi connectivity index (χ4v) is 4.63. The van der Waals surface area contributed by atoms with Crippen LogP contribution in [0.5, 0.6) is 5.75 Å². The molecule has 0 unspecified atom stereocenters. The molecule has 1 heterocycles. The van der Waals surface area contributed by atoms with Gasteiger partial charge in [-0.05, 0) is 76.8 Å². The van der Waals surface area contributed by atoms with Crippen LogP contribution in [0.25, 0.3) is 22.8 Å². The summed E-state index contributed by atoms with van der Waals surface area (Å²) < 4.78 is 17.0. The number of rotatable bonds is 7. The van der Waals surface area contributed by atoms with E-state index in [1.165, 1.54) is 9.80 Å². The van der Waals surface area contributed by atoms with Crippen molar-refractivity contribution in [2.75, 3.05) is 20.6 Å². The van der Waals surface area contributed by atoms with Crippen LogP contribution in [0, 0.1) is 11.3 Å². The van der Waals surface area contributed by atoms with E-state index in [2.05, 4.69) is 16.2 Å². The maximum absolute atomic E-state index is 13.2. The zero-order chi connectivity index (χ0) is 29.2. The number of nitriles is 1. The van der Waals surface area contributed by atoms with Crippen LogP contribution in [0.15, 0.2) is 40.9 Å². The second-order valence-electron chi connectivity index (χ2n) is 11.2. The molecule has 0 fully saturated rings. The highest BCUT2D eigenvalue weighted by Gasteiger charge is 2.36. The lowest BCUT2D eigenvalue weighted by molar-refractivity contribution is -0.130. The summed E-state index contributed by atoms with van der Waals surface area (Å²) in [5, 5.41) is 13.8. The summed E-state index contributed by atoms with van der Waals surface area (Å²) >= 11 is 0. The van der Waals surface area contributed by atoms with Crippen LogP contribution < -0.4 is 4.74 Å². The van der Waals surface area contributed by atoms with Crippen molar-refractivity contribution in [2.45, 2.75) is 65.2 Å². The summed E-state index contributed by atoms with van der Waals surface area (Å²) in [6.07, 6.45) is 0.685. The van der Waals surface area contributed by atoms with Crippen molar-refractivity contribution in [1.29, 1.82) is 5.26 Å². The van der Waals surface area contributed by atoms with E-state index >= 15 is 0 Å². The van der Waals surface area contributed by atoms with Gasteiger partial charge in [-0.1, -0.05) is 23.4 Å². The number of carbonyl (C=O) groups excluding carboxylic acids is 2. The maximum Gasteiger partial charge on any atom is 0.411 e. The first-order chi connectivity index (χ1) is 18.9. The number of likely N-dealkylation sites (N-methyl/N-ethyl adjacent to an activating group) is 1. The number of nitrogens with zero attached hydrogens (tertiary/aromatic N) is 5. The third kappa shape index (κ3) is 6.25. The summed E-state index contributed by atoms with van der Waals surface area (Å²) in [6, 6.07) is 12.7. The van der Waals surface area contributed by atoms with E-state index in [-0.39, 0.29) is 30.5 Å². The highest BCUT2D eigenvalue weighted by atomic mass is 16.6. The molecule has 210 valence electrons. The van der Waals surface area contributed by atoms with Crippen LogP contribution in [0.1, 0.15) is 63.8 Å². The van der Waals surface area contributed by atoms with E-state index in [0.29, 0.717) is 35.5 Å². The first kappa shape index (κ1) is 28.6. The Balaban J connectivity index is 1.66. The van der Waals surface area contributed by atoms with Crippen molar-refractivity contribution in [3.63, 3.8) is 0 Å². The molecule has 2 amide bonds. The van der Waals surface area contributed by atoms with Gasteiger partial charge in [0, 0.05) is 25.2 Å². The lowest BCUT2D eigenvalue weighted by Gasteiger charge is -2.32. The quantitative estimate of drug-likeness (QED) is 0.388. The number of ether oxygens (including phenoxy) is 2. The molecule has 4 rings (SSSR count). The molecule has 1 aromatic heterocycles. The molecule has 0 saturated heterocycles. The Kier molecular flexibility index (Phi) is 8.14. The van der Waals surface area contributed by atoms with Gasteiger partial charge in [-0.15, -0.1) is 0 Å². The number of fused-ring (bicyclic) bond motifs is 1. The zero-order valence-electron chi connectivity index (χ0n) is 24.0. The first-order valence-electron chi connectivity index (χ1n) is 13.2. The molecule has 1 aliphatic rings. The average Bonchev–Trinajstić information content (AvgIpc) is 3.53. The van der Waals surface area contributed by atoms with Gasteiger partial charge in [0.2, 0.25) is 11.7 Å². The molecular weight excluding hydrogens is 510 g/mol. The van der Waals surface area contributed by atoms with E-state index in [9.17, 15) is 14.9 Å². The van der Waals surface area contributed by atoms with Gasteiger partial charge in [0.25, 0.3) is 5.89 Å². The van der Waals surface area contributed by atoms with Gasteiger partial charge in [-0.3, -0.25) is 9.69 Å². The predicted molar refractivity (Wildman–Crippen MR) is 148 cm³/mol. The molecule has 10 nitrogen and oxygen atoms in total. The van der Waals surface area contributed by atoms with Crippen LogP contribution in [0.3, 0.4) is 0 Å². The molecule has 0 bridgehead atoms. The van der Waals surface area contributed by atoms with E-state index in [0.717, 1.165) is 16.7 Å². The van der Waals surface area contributed by atoms with Crippen molar-refractivity contribution < 1.29 is 23.6 Å². The fraction of sp³-hybridized carbons (Fsp3) is 0.433. The van der Waals surface area contributed by atoms with Gasteiger partial charge in [0.1, 0.15) is 24.0 Å². The lowest BCUT2D eigenvalue weighted by Crippen LogP contribution is -2.44. The van der Waals surface area contributed by atoms with Crippen LogP contribution >= 0.6 is 0 Å². The topological polar surface area (TPSA) is 122 Å². The molecule has 40 heavy (non-hydrogen) atoms. The molecule has 0 saturated carbocycles. The van der Waals surface area contributed by atoms with E-state index in [1.807, 2.05) is 32.0 Å². The van der Waals surface area contributed by atoms with Crippen LogP contribution in [0.2, 0.25) is 0 Å². The summed E-state index contributed by atoms with van der Waals surface area (Å²) in [5.74, 6) is 0.985. The van der Waals surface area contributed by atoms with Gasteiger partial charge < -0.3 is 18.9 Å². The number of hydrogen-bond acceptors (Lipinski definition) is 8. The van der Waals surface area contributed by atoms with Gasteiger partial charge in [-0.25, -0.2) is 4.79 Å². The second kappa shape index (κ2) is 11.4. The number of amides is 2. The monoisotopic (exact) mass is 545 g/mol. The highest BCUT2D eigenvalue weighted by molar-refractivity contribution is 5.82. The molecule has 3 aromatic rings. The van der Waals surface area contributed by atoms with Gasteiger partial charge in [0.15, 0.2) is 0 Å². The van der Waals surface area contributed by atoms with E-state index in [4.69, 9.17) is 14.0 Å². The average molecular weight is 546 g/mol. The molecule has 1 aliphatic carbocycles. The zero-order valence-corrected chi connectivity index (χ0v) is 24.0. The standard InChI is InChI=1S/C30H35N5O5/c1-18(2)38-25-14-11-19(15-20(25)16-31)28-32-27(33-40-28)23-10-8-9-22-21(23)12-13-24(22)35(17-26(36)34(6)7)29(37)39-30(3,4)5/h8-11,14-15,18,24H,12-13,17H2,1-7H3/t24-/m0/s1. The molecular formula is C30H35N5O5. The lowest BCUT2D eigenvalue weighted by atomic mass is 10.0. The predicted octanol–water partition coefficient (Wildman–Crippen LogP) is 5.38. The fourth-order valence-electron chi connectivity index (χ4n) is 4.63. The summed E-state index contributed by atoms with van der Waals surface area (Å²) in [7, 11) is 3.32. The Morgan fingerprint density at radius 2 is 1.95 bits per heavy atom. The number of benzene rings is 2. The molecule has 0 spiro atoms. The van der Waals surface area contributed by atoms with Crippen LogP contribution in [-0.4, -0.2) is 64.3 Å². The minimum absolute atomic E-state index is 0.0656. The third-order valence-corrected chi connectivity index (χ3v) is 6.42. The molecule has 0 aliphatic heterocycles. The van der Waals surface area contributed by atoms with Crippen LogP contribution in [0.4, 0.5) is 4.79 Å². The summed E-state index contributed by atoms with van der Waals surface area (Å²) in [4.78, 5) is 33.5. The second-order valence-corrected chi connectivity index (χ2v) is 11.2. The van der Waals surface area contributed by atoms with Gasteiger partial charge >= 0.3 is 6.09 Å². The first-order valence-corrected chi connectivity index (χ1v) is 13.2. The van der Waals surface area contributed by atoms with Crippen molar-refractivity contribution in [3.05, 3.63) is 53.1 Å². The minimum atomic E-state index is -0.703. The summed E-state index contributed by atoms with van der Waals surface area (Å²) in [6.45, 7) is 9.10. The minimum Gasteiger partial charge on any atom is -0.490 e. The van der Waals surface area contributed by atoms with Crippen molar-refractivity contribution in [3.8, 4) is 34.7 Å². The number of hydrogen-bond donors (Lipinski definition) is 0. The summed E-state index contributed by atoms with van der Waals surface area (Å²) in [5.41, 5.74) is 2.98. The Bertz CT molecular complexity index is 1450. The Labute approximate surface area is 234 Å². The molecule has 10 heteroatoms. The molecule has 2 aromatic carbocycles. The normalized spacial score (nSPS) is 14.4. The maximum atomic E-state index is 13.2. The molecule has 0 radical (unpaired) electrons. The van der Waals surface area contributed by atoms with Crippen LogP contribution in [-0.2, 0) is 16.0 Å². The highest BCUT2D eigenvalue weighted by Crippen LogP contribution is 2.41. The smallest absolute Gasteiger partial charge is 0.411 e. The Morgan fingerprint density at radius 1 is 1.20 bits per heavy atom. The van der Waals surface area contributed by atoms with Crippen molar-refractivity contribution in [1.82, 2.24) is 19.9 Å². The van der Waals surface area contributed by atoms with Crippen molar-refractivity contribution in [2.24, 2.45) is 0 Å². The third-order valence-electron chi connectivity index (χ3n) is 6.42. The number of carbonyl (C=O) groups is 2. The Morgan fingerprint density at radius 3 is 2.60 bits per heavy atom. The molecule has 0 N–H and O–H groups in total. The number of aromatic nitrogens is 2. The Hall–Kier alpha value is -4.39. The van der Waals surface area contributed by atoms with Gasteiger partial charge in [0.05, 0.1) is 17.7 Å².